The minimum Gasteiger partial charge on any atom is -0.472 e. The summed E-state index contributed by atoms with van der Waals surface area (Å²) in [7, 11) is -1.00. The first-order valence-corrected chi connectivity index (χ1v) is 8.36. The van der Waals surface area contributed by atoms with Crippen LogP contribution in [0.5, 0.6) is 0 Å². The molecular weight excluding hydrogens is 250 g/mol. The standard InChI is InChI=1S/C13H21NO3S/c1-14-13(11-6-7-17-9-11)10-4-3-5-12(8-10)18(2,15)16/h6-7,9-10,12-14H,3-5,8H2,1-2H3. The van der Waals surface area contributed by atoms with Gasteiger partial charge in [0, 0.05) is 17.9 Å². The van der Waals surface area contributed by atoms with Crippen molar-refractivity contribution in [3.8, 4) is 0 Å². The number of rotatable bonds is 4. The molecule has 0 aromatic carbocycles. The molecule has 0 saturated heterocycles. The van der Waals surface area contributed by atoms with Crippen molar-refractivity contribution in [3.05, 3.63) is 24.2 Å². The normalized spacial score (nSPS) is 27.0. The number of hydrogen-bond donors (Lipinski definition) is 1. The Bertz CT molecular complexity index is 466. The summed E-state index contributed by atoms with van der Waals surface area (Å²) in [6.45, 7) is 0. The minimum atomic E-state index is -2.92. The maximum atomic E-state index is 11.7. The fraction of sp³-hybridized carbons (Fsp3) is 0.692. The summed E-state index contributed by atoms with van der Waals surface area (Å²) in [6, 6.07) is 2.14. The fourth-order valence-electron chi connectivity index (χ4n) is 3.00. The zero-order valence-corrected chi connectivity index (χ0v) is 11.7. The van der Waals surface area contributed by atoms with Crippen LogP contribution in [0.25, 0.3) is 0 Å². The zero-order valence-electron chi connectivity index (χ0n) is 10.9. The van der Waals surface area contributed by atoms with Gasteiger partial charge in [-0.1, -0.05) is 6.42 Å². The van der Waals surface area contributed by atoms with Gasteiger partial charge in [0.2, 0.25) is 0 Å². The van der Waals surface area contributed by atoms with Crippen LogP contribution in [0.3, 0.4) is 0 Å². The molecule has 102 valence electrons. The Labute approximate surface area is 109 Å². The topological polar surface area (TPSA) is 59.3 Å². The van der Waals surface area contributed by atoms with Gasteiger partial charge >= 0.3 is 0 Å². The Morgan fingerprint density at radius 3 is 2.78 bits per heavy atom. The van der Waals surface area contributed by atoms with Gasteiger partial charge in [-0.2, -0.15) is 0 Å². The number of hydrogen-bond acceptors (Lipinski definition) is 4. The van der Waals surface area contributed by atoms with Gasteiger partial charge in [0.1, 0.15) is 9.84 Å². The number of furan rings is 1. The highest BCUT2D eigenvalue weighted by atomic mass is 32.2. The van der Waals surface area contributed by atoms with Gasteiger partial charge in [0.15, 0.2) is 0 Å². The van der Waals surface area contributed by atoms with Crippen molar-refractivity contribution < 1.29 is 12.8 Å². The second-order valence-electron chi connectivity index (χ2n) is 5.20. The quantitative estimate of drug-likeness (QED) is 0.911. The van der Waals surface area contributed by atoms with E-state index in [0.29, 0.717) is 5.92 Å². The monoisotopic (exact) mass is 271 g/mol. The third-order valence-electron chi connectivity index (χ3n) is 3.96. The van der Waals surface area contributed by atoms with Gasteiger partial charge in [-0.3, -0.25) is 0 Å². The van der Waals surface area contributed by atoms with E-state index in [-0.39, 0.29) is 11.3 Å². The van der Waals surface area contributed by atoms with E-state index in [4.69, 9.17) is 4.42 Å². The average molecular weight is 271 g/mol. The first kappa shape index (κ1) is 13.6. The second-order valence-corrected chi connectivity index (χ2v) is 7.53. The third-order valence-corrected chi connectivity index (χ3v) is 5.60. The van der Waals surface area contributed by atoms with Crippen LogP contribution in [-0.2, 0) is 9.84 Å². The molecule has 0 radical (unpaired) electrons. The molecule has 0 spiro atoms. The van der Waals surface area contributed by atoms with Crippen molar-refractivity contribution in [1.82, 2.24) is 5.32 Å². The van der Waals surface area contributed by atoms with E-state index in [1.807, 2.05) is 13.1 Å². The predicted molar refractivity (Wildman–Crippen MR) is 71.1 cm³/mol. The van der Waals surface area contributed by atoms with E-state index < -0.39 is 9.84 Å². The molecule has 1 saturated carbocycles. The summed E-state index contributed by atoms with van der Waals surface area (Å²) < 4.78 is 28.5. The molecule has 1 aliphatic rings. The lowest BCUT2D eigenvalue weighted by atomic mass is 9.81. The largest absolute Gasteiger partial charge is 0.472 e. The summed E-state index contributed by atoms with van der Waals surface area (Å²) in [5.74, 6) is 0.362. The van der Waals surface area contributed by atoms with E-state index in [9.17, 15) is 8.42 Å². The second kappa shape index (κ2) is 5.45. The molecule has 2 rings (SSSR count). The summed E-state index contributed by atoms with van der Waals surface area (Å²) in [6.07, 6.45) is 8.36. The SMILES string of the molecule is CNC(c1ccoc1)C1CCCC(S(C)(=O)=O)C1. The molecule has 0 aliphatic heterocycles. The Hall–Kier alpha value is -0.810. The highest BCUT2D eigenvalue weighted by molar-refractivity contribution is 7.91. The number of nitrogens with one attached hydrogen (secondary N) is 1. The molecule has 1 aromatic heterocycles. The first-order valence-electron chi connectivity index (χ1n) is 6.40. The third kappa shape index (κ3) is 2.95. The van der Waals surface area contributed by atoms with Crippen LogP contribution in [0.15, 0.2) is 23.0 Å². The zero-order chi connectivity index (χ0) is 13.2. The van der Waals surface area contributed by atoms with Crippen LogP contribution in [0.1, 0.15) is 37.3 Å². The van der Waals surface area contributed by atoms with Crippen LogP contribution in [0, 0.1) is 5.92 Å². The summed E-state index contributed by atoms with van der Waals surface area (Å²) in [5, 5.41) is 3.11. The smallest absolute Gasteiger partial charge is 0.150 e. The molecule has 1 fully saturated rings. The molecule has 1 N–H and O–H groups in total. The van der Waals surface area contributed by atoms with E-state index >= 15 is 0 Å². The Morgan fingerprint density at radius 1 is 1.44 bits per heavy atom. The van der Waals surface area contributed by atoms with E-state index in [1.54, 1.807) is 12.5 Å². The summed E-state index contributed by atoms with van der Waals surface area (Å²) >= 11 is 0. The van der Waals surface area contributed by atoms with Crippen molar-refractivity contribution in [2.45, 2.75) is 37.0 Å². The molecule has 5 heteroatoms. The fourth-order valence-corrected chi connectivity index (χ4v) is 4.19. The van der Waals surface area contributed by atoms with Gasteiger partial charge in [0.25, 0.3) is 0 Å². The molecule has 1 aromatic rings. The van der Waals surface area contributed by atoms with Crippen LogP contribution >= 0.6 is 0 Å². The maximum absolute atomic E-state index is 11.7. The van der Waals surface area contributed by atoms with Crippen molar-refractivity contribution in [1.29, 1.82) is 0 Å². The molecule has 3 atom stereocenters. The average Bonchev–Trinajstić information content (AvgIpc) is 2.83. The van der Waals surface area contributed by atoms with Crippen molar-refractivity contribution >= 4 is 9.84 Å². The highest BCUT2D eigenvalue weighted by Crippen LogP contribution is 2.36. The van der Waals surface area contributed by atoms with E-state index in [0.717, 1.165) is 31.2 Å². The predicted octanol–water partition coefficient (Wildman–Crippen LogP) is 2.14. The molecular formula is C13H21NO3S. The maximum Gasteiger partial charge on any atom is 0.150 e. The van der Waals surface area contributed by atoms with Crippen molar-refractivity contribution in [2.75, 3.05) is 13.3 Å². The molecule has 1 aliphatic carbocycles. The lowest BCUT2D eigenvalue weighted by Gasteiger charge is -2.33. The van der Waals surface area contributed by atoms with E-state index in [1.165, 1.54) is 6.26 Å². The summed E-state index contributed by atoms with van der Waals surface area (Å²) in [5.41, 5.74) is 1.11. The van der Waals surface area contributed by atoms with Crippen LogP contribution in [0.4, 0.5) is 0 Å². The van der Waals surface area contributed by atoms with Crippen LogP contribution < -0.4 is 5.32 Å². The van der Waals surface area contributed by atoms with Crippen molar-refractivity contribution in [2.24, 2.45) is 5.92 Å². The van der Waals surface area contributed by atoms with Gasteiger partial charge in [0.05, 0.1) is 17.8 Å². The lowest BCUT2D eigenvalue weighted by Crippen LogP contribution is -2.34. The van der Waals surface area contributed by atoms with Gasteiger partial charge in [-0.25, -0.2) is 8.42 Å². The van der Waals surface area contributed by atoms with Gasteiger partial charge in [-0.05, 0) is 38.3 Å². The Morgan fingerprint density at radius 2 is 2.22 bits per heavy atom. The van der Waals surface area contributed by atoms with Gasteiger partial charge in [-0.15, -0.1) is 0 Å². The van der Waals surface area contributed by atoms with Crippen molar-refractivity contribution in [3.63, 3.8) is 0 Å². The van der Waals surface area contributed by atoms with Crippen LogP contribution in [0.2, 0.25) is 0 Å². The molecule has 1 heterocycles. The number of sulfone groups is 1. The molecule has 3 unspecified atom stereocenters. The van der Waals surface area contributed by atoms with Gasteiger partial charge < -0.3 is 9.73 Å². The Balaban J connectivity index is 2.12. The first-order chi connectivity index (χ1) is 8.52. The molecule has 0 amide bonds. The minimum absolute atomic E-state index is 0.181. The highest BCUT2D eigenvalue weighted by Gasteiger charge is 2.33. The Kier molecular flexibility index (Phi) is 4.12. The van der Waals surface area contributed by atoms with Crippen LogP contribution in [-0.4, -0.2) is 27.0 Å². The lowest BCUT2D eigenvalue weighted by molar-refractivity contribution is 0.281. The molecule has 18 heavy (non-hydrogen) atoms. The van der Waals surface area contributed by atoms with E-state index in [2.05, 4.69) is 5.32 Å². The molecule has 4 nitrogen and oxygen atoms in total. The molecule has 0 bridgehead atoms. The summed E-state index contributed by atoms with van der Waals surface area (Å²) in [4.78, 5) is 0.